The van der Waals surface area contributed by atoms with Gasteiger partial charge in [0.25, 0.3) is 0 Å². The Balaban J connectivity index is 1.92. The van der Waals surface area contributed by atoms with Crippen molar-refractivity contribution >= 4 is 33.5 Å². The molecule has 0 spiro atoms. The van der Waals surface area contributed by atoms with Crippen molar-refractivity contribution in [3.05, 3.63) is 16.7 Å². The molecule has 1 amide bonds. The van der Waals surface area contributed by atoms with E-state index in [9.17, 15) is 4.79 Å². The molecule has 0 aromatic carbocycles. The largest absolute Gasteiger partial charge is 0.446 e. The normalized spacial score (nSPS) is 16.3. The summed E-state index contributed by atoms with van der Waals surface area (Å²) in [7, 11) is 0. The molecule has 1 aromatic heterocycles. The number of nitrogen functional groups attached to an aromatic ring is 1. The Morgan fingerprint density at radius 2 is 2.17 bits per heavy atom. The summed E-state index contributed by atoms with van der Waals surface area (Å²) >= 11 is 3.27. The molecule has 0 bridgehead atoms. The van der Waals surface area contributed by atoms with Crippen molar-refractivity contribution in [2.45, 2.75) is 38.2 Å². The van der Waals surface area contributed by atoms with Crippen molar-refractivity contribution < 1.29 is 9.53 Å². The fraction of sp³-hybridized carbons (Fsp3) is 0.500. The number of nitrogens with one attached hydrogen (secondary N) is 1. The molecule has 1 heterocycles. The maximum Gasteiger partial charge on any atom is 0.412 e. The van der Waals surface area contributed by atoms with Gasteiger partial charge in [0.15, 0.2) is 0 Å². The van der Waals surface area contributed by atoms with E-state index in [0.717, 1.165) is 30.2 Å². The highest BCUT2D eigenvalue weighted by atomic mass is 79.9. The van der Waals surface area contributed by atoms with Gasteiger partial charge in [-0.05, 0) is 47.7 Å². The zero-order chi connectivity index (χ0) is 13.0. The Morgan fingerprint density at radius 1 is 1.44 bits per heavy atom. The lowest BCUT2D eigenvalue weighted by Crippen LogP contribution is -2.24. The summed E-state index contributed by atoms with van der Waals surface area (Å²) in [5.74, 6) is 0.277. The van der Waals surface area contributed by atoms with Crippen LogP contribution in [0.5, 0.6) is 0 Å². The fourth-order valence-corrected chi connectivity index (χ4v) is 2.36. The quantitative estimate of drug-likeness (QED) is 0.878. The van der Waals surface area contributed by atoms with Crippen LogP contribution in [0.2, 0.25) is 0 Å². The summed E-state index contributed by atoms with van der Waals surface area (Å²) in [6.45, 7) is 0. The van der Waals surface area contributed by atoms with Gasteiger partial charge >= 0.3 is 6.09 Å². The number of ether oxygens (including phenoxy) is 1. The minimum absolute atomic E-state index is 0.0279. The van der Waals surface area contributed by atoms with Gasteiger partial charge in [-0.1, -0.05) is 6.42 Å². The molecule has 0 atom stereocenters. The molecule has 6 heteroatoms. The van der Waals surface area contributed by atoms with Crippen LogP contribution >= 0.6 is 15.9 Å². The van der Waals surface area contributed by atoms with Crippen LogP contribution in [0, 0.1) is 0 Å². The molecule has 1 saturated carbocycles. The molecule has 1 aromatic rings. The van der Waals surface area contributed by atoms with Crippen LogP contribution in [-0.4, -0.2) is 17.2 Å². The van der Waals surface area contributed by atoms with Crippen molar-refractivity contribution in [2.75, 3.05) is 11.1 Å². The number of aromatic nitrogens is 1. The van der Waals surface area contributed by atoms with E-state index in [1.165, 1.54) is 6.42 Å². The zero-order valence-corrected chi connectivity index (χ0v) is 11.6. The van der Waals surface area contributed by atoms with Gasteiger partial charge in [0.1, 0.15) is 11.9 Å². The van der Waals surface area contributed by atoms with Gasteiger partial charge in [-0.3, -0.25) is 5.32 Å². The van der Waals surface area contributed by atoms with Crippen LogP contribution in [0.25, 0.3) is 0 Å². The third-order valence-electron chi connectivity index (χ3n) is 2.95. The number of halogens is 1. The lowest BCUT2D eigenvalue weighted by Gasteiger charge is -2.22. The van der Waals surface area contributed by atoms with Gasteiger partial charge in [-0.25, -0.2) is 9.78 Å². The van der Waals surface area contributed by atoms with Crippen molar-refractivity contribution in [1.82, 2.24) is 4.98 Å². The average Bonchev–Trinajstić information content (AvgIpc) is 2.35. The van der Waals surface area contributed by atoms with Crippen molar-refractivity contribution in [2.24, 2.45) is 0 Å². The predicted octanol–water partition coefficient (Wildman–Crippen LogP) is 3.31. The zero-order valence-electron chi connectivity index (χ0n) is 9.99. The molecule has 98 valence electrons. The third-order valence-corrected chi connectivity index (χ3v) is 3.38. The molecule has 0 unspecified atom stereocenters. The summed E-state index contributed by atoms with van der Waals surface area (Å²) in [5, 5.41) is 2.62. The number of carbonyl (C=O) groups is 1. The smallest absolute Gasteiger partial charge is 0.412 e. The topological polar surface area (TPSA) is 77.2 Å². The van der Waals surface area contributed by atoms with E-state index in [0.29, 0.717) is 5.69 Å². The molecule has 0 aliphatic heterocycles. The maximum atomic E-state index is 11.7. The van der Waals surface area contributed by atoms with E-state index in [4.69, 9.17) is 10.5 Å². The van der Waals surface area contributed by atoms with Crippen LogP contribution in [-0.2, 0) is 4.74 Å². The fourth-order valence-electron chi connectivity index (χ4n) is 2.02. The average molecular weight is 314 g/mol. The molecule has 0 radical (unpaired) electrons. The number of nitrogens with zero attached hydrogens (tertiary/aromatic N) is 1. The molecular formula is C12H16BrN3O2. The van der Waals surface area contributed by atoms with E-state index in [2.05, 4.69) is 26.2 Å². The standard InChI is InChI=1S/C12H16BrN3O2/c13-8-6-10(11(14)15-7-8)16-12(17)18-9-4-2-1-3-5-9/h6-7,9H,1-5H2,(H2,14,15)(H,16,17). The van der Waals surface area contributed by atoms with Gasteiger partial charge in [0, 0.05) is 10.7 Å². The molecule has 1 fully saturated rings. The van der Waals surface area contributed by atoms with Crippen LogP contribution in [0.15, 0.2) is 16.7 Å². The van der Waals surface area contributed by atoms with E-state index in [-0.39, 0.29) is 11.9 Å². The minimum Gasteiger partial charge on any atom is -0.446 e. The summed E-state index contributed by atoms with van der Waals surface area (Å²) in [5.41, 5.74) is 6.13. The molecule has 1 aliphatic carbocycles. The molecule has 5 nitrogen and oxygen atoms in total. The first-order valence-electron chi connectivity index (χ1n) is 6.04. The second-order valence-electron chi connectivity index (χ2n) is 4.38. The molecular weight excluding hydrogens is 298 g/mol. The summed E-state index contributed by atoms with van der Waals surface area (Å²) in [6, 6.07) is 1.70. The van der Waals surface area contributed by atoms with Crippen LogP contribution in [0.1, 0.15) is 32.1 Å². The van der Waals surface area contributed by atoms with E-state index < -0.39 is 6.09 Å². The number of anilines is 2. The maximum absolute atomic E-state index is 11.7. The monoisotopic (exact) mass is 313 g/mol. The molecule has 18 heavy (non-hydrogen) atoms. The highest BCUT2D eigenvalue weighted by Gasteiger charge is 2.18. The highest BCUT2D eigenvalue weighted by Crippen LogP contribution is 2.23. The Labute approximate surface area is 114 Å². The van der Waals surface area contributed by atoms with Gasteiger partial charge < -0.3 is 10.5 Å². The number of carbonyl (C=O) groups excluding carboxylic acids is 1. The molecule has 0 saturated heterocycles. The third kappa shape index (κ3) is 3.60. The van der Waals surface area contributed by atoms with Gasteiger partial charge in [-0.2, -0.15) is 0 Å². The van der Waals surface area contributed by atoms with Gasteiger partial charge in [-0.15, -0.1) is 0 Å². The minimum atomic E-state index is -0.464. The Morgan fingerprint density at radius 3 is 2.89 bits per heavy atom. The lowest BCUT2D eigenvalue weighted by molar-refractivity contribution is 0.0865. The summed E-state index contributed by atoms with van der Waals surface area (Å²) < 4.78 is 6.10. The predicted molar refractivity (Wildman–Crippen MR) is 73.3 cm³/mol. The van der Waals surface area contributed by atoms with Crippen molar-refractivity contribution in [3.63, 3.8) is 0 Å². The van der Waals surface area contributed by atoms with Crippen molar-refractivity contribution in [3.8, 4) is 0 Å². The second-order valence-corrected chi connectivity index (χ2v) is 5.29. The first-order valence-corrected chi connectivity index (χ1v) is 6.83. The summed E-state index contributed by atoms with van der Waals surface area (Å²) in [4.78, 5) is 15.7. The van der Waals surface area contributed by atoms with Gasteiger partial charge in [0.05, 0.1) is 5.69 Å². The number of hydrogen-bond acceptors (Lipinski definition) is 4. The molecule has 1 aliphatic rings. The summed E-state index contributed by atoms with van der Waals surface area (Å²) in [6.07, 6.45) is 6.50. The van der Waals surface area contributed by atoms with Crippen LogP contribution in [0.4, 0.5) is 16.3 Å². The number of amides is 1. The van der Waals surface area contributed by atoms with Crippen LogP contribution < -0.4 is 11.1 Å². The second kappa shape index (κ2) is 6.04. The Hall–Kier alpha value is -1.30. The lowest BCUT2D eigenvalue weighted by atomic mass is 9.98. The SMILES string of the molecule is Nc1ncc(Br)cc1NC(=O)OC1CCCCC1. The number of hydrogen-bond donors (Lipinski definition) is 2. The number of pyridine rings is 1. The molecule has 3 N–H and O–H groups in total. The van der Waals surface area contributed by atoms with E-state index >= 15 is 0 Å². The highest BCUT2D eigenvalue weighted by molar-refractivity contribution is 9.10. The Bertz CT molecular complexity index is 433. The van der Waals surface area contributed by atoms with Crippen molar-refractivity contribution in [1.29, 1.82) is 0 Å². The van der Waals surface area contributed by atoms with Crippen LogP contribution in [0.3, 0.4) is 0 Å². The van der Waals surface area contributed by atoms with Gasteiger partial charge in [0.2, 0.25) is 0 Å². The number of rotatable bonds is 2. The molecule has 2 rings (SSSR count). The first kappa shape index (κ1) is 13.1. The number of nitrogens with two attached hydrogens (primary N) is 1. The first-order chi connectivity index (χ1) is 8.65. The van der Waals surface area contributed by atoms with E-state index in [1.807, 2.05) is 0 Å². The Kier molecular flexibility index (Phi) is 4.41. The van der Waals surface area contributed by atoms with E-state index in [1.54, 1.807) is 12.3 Å².